The van der Waals surface area contributed by atoms with E-state index in [0.717, 1.165) is 0 Å². The lowest BCUT2D eigenvalue weighted by molar-refractivity contribution is -0.0102. The highest BCUT2D eigenvalue weighted by Gasteiger charge is 2.23. The standard InChI is InChI=1S/C13H14BrFN2O2/c1-18-8-10-7-17(2-3-19-10)13-5-11(14)9(6-16)4-12(13)15/h4-5,10H,2-3,7-8H2,1H3/t10-/m1/s1. The first-order valence-corrected chi connectivity index (χ1v) is 6.69. The summed E-state index contributed by atoms with van der Waals surface area (Å²) in [4.78, 5) is 1.91. The SMILES string of the molecule is COC[C@H]1CN(c2cc(Br)c(C#N)cc2F)CCO1. The molecule has 0 radical (unpaired) electrons. The van der Waals surface area contributed by atoms with E-state index in [2.05, 4.69) is 15.9 Å². The maximum atomic E-state index is 14.0. The summed E-state index contributed by atoms with van der Waals surface area (Å²) in [5.74, 6) is -0.391. The quantitative estimate of drug-likeness (QED) is 0.854. The van der Waals surface area contributed by atoms with Crippen LogP contribution in [0.15, 0.2) is 16.6 Å². The number of ether oxygens (including phenoxy) is 2. The molecular formula is C13H14BrFN2O2. The van der Waals surface area contributed by atoms with Gasteiger partial charge in [0.15, 0.2) is 0 Å². The molecule has 1 fully saturated rings. The second-order valence-electron chi connectivity index (χ2n) is 4.29. The lowest BCUT2D eigenvalue weighted by Gasteiger charge is -2.34. The first-order chi connectivity index (χ1) is 9.15. The van der Waals surface area contributed by atoms with Gasteiger partial charge in [0.25, 0.3) is 0 Å². The maximum Gasteiger partial charge on any atom is 0.147 e. The average molecular weight is 329 g/mol. The second kappa shape index (κ2) is 6.33. The largest absolute Gasteiger partial charge is 0.382 e. The molecule has 1 aromatic carbocycles. The average Bonchev–Trinajstić information content (AvgIpc) is 2.41. The smallest absolute Gasteiger partial charge is 0.147 e. The Morgan fingerprint density at radius 2 is 2.42 bits per heavy atom. The number of nitriles is 1. The van der Waals surface area contributed by atoms with Gasteiger partial charge >= 0.3 is 0 Å². The Balaban J connectivity index is 2.22. The van der Waals surface area contributed by atoms with Gasteiger partial charge in [0.2, 0.25) is 0 Å². The van der Waals surface area contributed by atoms with E-state index in [1.54, 1.807) is 13.2 Å². The van der Waals surface area contributed by atoms with Gasteiger partial charge in [0.1, 0.15) is 11.9 Å². The van der Waals surface area contributed by atoms with Crippen LogP contribution in [0.3, 0.4) is 0 Å². The van der Waals surface area contributed by atoms with Crippen LogP contribution in [0.25, 0.3) is 0 Å². The zero-order valence-corrected chi connectivity index (χ0v) is 12.1. The Hall–Kier alpha value is -1.16. The molecule has 2 rings (SSSR count). The predicted octanol–water partition coefficient (Wildman–Crippen LogP) is 2.31. The zero-order valence-electron chi connectivity index (χ0n) is 10.5. The van der Waals surface area contributed by atoms with Gasteiger partial charge in [-0.2, -0.15) is 5.26 Å². The van der Waals surface area contributed by atoms with E-state index in [9.17, 15) is 4.39 Å². The van der Waals surface area contributed by atoms with Crippen molar-refractivity contribution < 1.29 is 13.9 Å². The molecule has 1 atom stereocenters. The van der Waals surface area contributed by atoms with Crippen LogP contribution in [0.1, 0.15) is 5.56 Å². The highest BCUT2D eigenvalue weighted by Crippen LogP contribution is 2.28. The van der Waals surface area contributed by atoms with Crippen molar-refractivity contribution in [3.8, 4) is 6.07 Å². The molecule has 0 amide bonds. The number of hydrogen-bond donors (Lipinski definition) is 0. The topological polar surface area (TPSA) is 45.5 Å². The van der Waals surface area contributed by atoms with E-state index in [4.69, 9.17) is 14.7 Å². The summed E-state index contributed by atoms with van der Waals surface area (Å²) in [5, 5.41) is 8.86. The van der Waals surface area contributed by atoms with Crippen LogP contribution in [0.4, 0.5) is 10.1 Å². The van der Waals surface area contributed by atoms with Gasteiger partial charge < -0.3 is 14.4 Å². The zero-order chi connectivity index (χ0) is 13.8. The predicted molar refractivity (Wildman–Crippen MR) is 72.6 cm³/mol. The lowest BCUT2D eigenvalue weighted by atomic mass is 10.1. The lowest BCUT2D eigenvalue weighted by Crippen LogP contribution is -2.44. The molecule has 1 saturated heterocycles. The van der Waals surface area contributed by atoms with Crippen LogP contribution in [0.5, 0.6) is 0 Å². The molecule has 0 bridgehead atoms. The Labute approximate surface area is 119 Å². The normalized spacial score (nSPS) is 19.3. The van der Waals surface area contributed by atoms with Gasteiger partial charge in [-0.25, -0.2) is 4.39 Å². The first-order valence-electron chi connectivity index (χ1n) is 5.90. The number of halogens is 2. The second-order valence-corrected chi connectivity index (χ2v) is 5.14. The van der Waals surface area contributed by atoms with E-state index in [1.807, 2.05) is 11.0 Å². The molecule has 6 heteroatoms. The number of benzene rings is 1. The van der Waals surface area contributed by atoms with Crippen LogP contribution < -0.4 is 4.90 Å². The minimum Gasteiger partial charge on any atom is -0.382 e. The molecule has 1 heterocycles. The van der Waals surface area contributed by atoms with Crippen molar-refractivity contribution in [2.45, 2.75) is 6.10 Å². The molecule has 0 saturated carbocycles. The number of nitrogens with zero attached hydrogens (tertiary/aromatic N) is 2. The fourth-order valence-corrected chi connectivity index (χ4v) is 2.51. The number of rotatable bonds is 3. The summed E-state index contributed by atoms with van der Waals surface area (Å²) < 4.78 is 25.2. The molecule has 4 nitrogen and oxygen atoms in total. The third kappa shape index (κ3) is 3.24. The number of morpholine rings is 1. The van der Waals surface area contributed by atoms with Gasteiger partial charge in [0, 0.05) is 24.7 Å². The van der Waals surface area contributed by atoms with Crippen molar-refractivity contribution in [1.29, 1.82) is 5.26 Å². The van der Waals surface area contributed by atoms with Crippen LogP contribution >= 0.6 is 15.9 Å². The molecule has 0 unspecified atom stereocenters. The van der Waals surface area contributed by atoms with E-state index < -0.39 is 5.82 Å². The summed E-state index contributed by atoms with van der Waals surface area (Å²) in [6.07, 6.45) is -0.0624. The maximum absolute atomic E-state index is 14.0. The molecule has 0 N–H and O–H groups in total. The highest BCUT2D eigenvalue weighted by molar-refractivity contribution is 9.10. The minimum atomic E-state index is -0.391. The molecule has 0 aromatic heterocycles. The van der Waals surface area contributed by atoms with E-state index >= 15 is 0 Å². The third-order valence-corrected chi connectivity index (χ3v) is 3.65. The molecular weight excluding hydrogens is 315 g/mol. The third-order valence-electron chi connectivity index (χ3n) is 2.99. The Bertz CT molecular complexity index is 502. The molecule has 1 aliphatic rings. The summed E-state index contributed by atoms with van der Waals surface area (Å²) in [6, 6.07) is 4.84. The molecule has 19 heavy (non-hydrogen) atoms. The molecule has 0 spiro atoms. The van der Waals surface area contributed by atoms with Gasteiger partial charge in [-0.3, -0.25) is 0 Å². The van der Waals surface area contributed by atoms with Crippen LogP contribution in [-0.4, -0.2) is 39.5 Å². The van der Waals surface area contributed by atoms with Crippen LogP contribution in [0.2, 0.25) is 0 Å². The van der Waals surface area contributed by atoms with Gasteiger partial charge in [0.05, 0.1) is 30.6 Å². The monoisotopic (exact) mass is 328 g/mol. The van der Waals surface area contributed by atoms with Crippen molar-refractivity contribution >= 4 is 21.6 Å². The Kier molecular flexibility index (Phi) is 4.75. The fourth-order valence-electron chi connectivity index (χ4n) is 2.09. The molecule has 1 aliphatic heterocycles. The first kappa shape index (κ1) is 14.3. The fraction of sp³-hybridized carbons (Fsp3) is 0.462. The van der Waals surface area contributed by atoms with Gasteiger partial charge in [-0.1, -0.05) is 0 Å². The summed E-state index contributed by atoms with van der Waals surface area (Å²) in [6.45, 7) is 2.21. The Morgan fingerprint density at radius 3 is 3.11 bits per heavy atom. The van der Waals surface area contributed by atoms with Crippen LogP contribution in [-0.2, 0) is 9.47 Å². The highest BCUT2D eigenvalue weighted by atomic mass is 79.9. The van der Waals surface area contributed by atoms with Crippen molar-refractivity contribution in [2.24, 2.45) is 0 Å². The molecule has 102 valence electrons. The van der Waals surface area contributed by atoms with Crippen molar-refractivity contribution in [3.05, 3.63) is 28.0 Å². The van der Waals surface area contributed by atoms with Crippen molar-refractivity contribution in [2.75, 3.05) is 38.3 Å². The van der Waals surface area contributed by atoms with Gasteiger partial charge in [-0.05, 0) is 28.1 Å². The molecule has 0 aliphatic carbocycles. The number of anilines is 1. The summed E-state index contributed by atoms with van der Waals surface area (Å²) in [7, 11) is 1.61. The van der Waals surface area contributed by atoms with Crippen molar-refractivity contribution in [3.63, 3.8) is 0 Å². The number of hydrogen-bond acceptors (Lipinski definition) is 4. The van der Waals surface area contributed by atoms with E-state index in [0.29, 0.717) is 42.0 Å². The molecule has 1 aromatic rings. The Morgan fingerprint density at radius 1 is 1.63 bits per heavy atom. The minimum absolute atomic E-state index is 0.0624. The summed E-state index contributed by atoms with van der Waals surface area (Å²) in [5.41, 5.74) is 0.776. The number of methoxy groups -OCH3 is 1. The summed E-state index contributed by atoms with van der Waals surface area (Å²) >= 11 is 3.28. The van der Waals surface area contributed by atoms with E-state index in [-0.39, 0.29) is 6.10 Å². The van der Waals surface area contributed by atoms with Crippen molar-refractivity contribution in [1.82, 2.24) is 0 Å². The van der Waals surface area contributed by atoms with E-state index in [1.165, 1.54) is 6.07 Å². The van der Waals surface area contributed by atoms with Crippen LogP contribution in [0, 0.1) is 17.1 Å². The van der Waals surface area contributed by atoms with Gasteiger partial charge in [-0.15, -0.1) is 0 Å².